The molecule has 0 atom stereocenters. The molecule has 0 aliphatic carbocycles. The molecular formula is C12H27N3O3S. The van der Waals surface area contributed by atoms with E-state index < -0.39 is 9.84 Å². The Kier molecular flexibility index (Phi) is 8.01. The van der Waals surface area contributed by atoms with Crippen LogP contribution in [0.4, 0.5) is 0 Å². The zero-order valence-electron chi connectivity index (χ0n) is 12.1. The van der Waals surface area contributed by atoms with Gasteiger partial charge >= 0.3 is 0 Å². The van der Waals surface area contributed by atoms with Gasteiger partial charge in [-0.25, -0.2) is 8.42 Å². The highest BCUT2D eigenvalue weighted by molar-refractivity contribution is 7.90. The Morgan fingerprint density at radius 3 is 2.37 bits per heavy atom. The lowest BCUT2D eigenvalue weighted by Gasteiger charge is -2.22. The smallest absolute Gasteiger partial charge is 0.147 e. The van der Waals surface area contributed by atoms with Gasteiger partial charge in [0, 0.05) is 11.7 Å². The minimum atomic E-state index is -2.84. The molecule has 19 heavy (non-hydrogen) atoms. The summed E-state index contributed by atoms with van der Waals surface area (Å²) in [5.74, 6) is 0.491. The van der Waals surface area contributed by atoms with Crippen LogP contribution in [-0.2, 0) is 9.84 Å². The molecule has 0 aromatic heterocycles. The summed E-state index contributed by atoms with van der Waals surface area (Å²) < 4.78 is 21.8. The first kappa shape index (κ1) is 18.2. The van der Waals surface area contributed by atoms with Gasteiger partial charge in [0.05, 0.1) is 5.75 Å². The Hall–Kier alpha value is -0.820. The molecule has 6 nitrogen and oxygen atoms in total. The normalized spacial score (nSPS) is 13.7. The molecule has 0 unspecified atom stereocenters. The van der Waals surface area contributed by atoms with Crippen molar-refractivity contribution in [3.05, 3.63) is 0 Å². The molecule has 4 N–H and O–H groups in total. The van der Waals surface area contributed by atoms with Crippen LogP contribution in [0.3, 0.4) is 0 Å². The van der Waals surface area contributed by atoms with Crippen LogP contribution >= 0.6 is 0 Å². The fraction of sp³-hybridized carbons (Fsp3) is 0.917. The van der Waals surface area contributed by atoms with Crippen molar-refractivity contribution in [2.45, 2.75) is 39.5 Å². The van der Waals surface area contributed by atoms with Crippen LogP contribution in [0.2, 0.25) is 0 Å². The van der Waals surface area contributed by atoms with Crippen molar-refractivity contribution in [1.82, 2.24) is 5.32 Å². The molecule has 114 valence electrons. The molecule has 0 aliphatic heterocycles. The summed E-state index contributed by atoms with van der Waals surface area (Å²) in [6.07, 6.45) is 4.72. The van der Waals surface area contributed by atoms with Crippen LogP contribution in [0.5, 0.6) is 0 Å². The van der Waals surface area contributed by atoms with Crippen molar-refractivity contribution < 1.29 is 13.6 Å². The molecule has 0 rings (SSSR count). The van der Waals surface area contributed by atoms with Gasteiger partial charge in [0.2, 0.25) is 0 Å². The number of nitrogens with one attached hydrogen (secondary N) is 1. The lowest BCUT2D eigenvalue weighted by molar-refractivity contribution is 0.304. The first-order valence-electron chi connectivity index (χ1n) is 6.55. The van der Waals surface area contributed by atoms with Crippen molar-refractivity contribution in [3.8, 4) is 0 Å². The third-order valence-corrected chi connectivity index (χ3v) is 4.11. The minimum Gasteiger partial charge on any atom is -0.409 e. The van der Waals surface area contributed by atoms with Gasteiger partial charge in [0.25, 0.3) is 0 Å². The Labute approximate surface area is 116 Å². The maximum absolute atomic E-state index is 10.9. The Balaban J connectivity index is 3.56. The number of rotatable bonds is 10. The average molecular weight is 293 g/mol. The number of oxime groups is 1. The van der Waals surface area contributed by atoms with Gasteiger partial charge in [-0.1, -0.05) is 25.4 Å². The maximum Gasteiger partial charge on any atom is 0.147 e. The number of sulfone groups is 1. The maximum atomic E-state index is 10.9. The topological polar surface area (TPSA) is 105 Å². The average Bonchev–Trinajstić information content (AvgIpc) is 2.30. The lowest BCUT2D eigenvalue weighted by Crippen LogP contribution is -2.32. The van der Waals surface area contributed by atoms with Gasteiger partial charge in [0.15, 0.2) is 0 Å². The quantitative estimate of drug-likeness (QED) is 0.183. The molecule has 0 heterocycles. The van der Waals surface area contributed by atoms with Gasteiger partial charge in [-0.15, -0.1) is 0 Å². The van der Waals surface area contributed by atoms with E-state index in [1.54, 1.807) is 0 Å². The van der Waals surface area contributed by atoms with Gasteiger partial charge < -0.3 is 16.3 Å². The summed E-state index contributed by atoms with van der Waals surface area (Å²) in [6.45, 7) is 5.47. The Morgan fingerprint density at radius 1 is 1.26 bits per heavy atom. The number of hydrogen-bond donors (Lipinski definition) is 3. The molecule has 0 aromatic carbocycles. The number of nitrogens with two attached hydrogens (primary N) is 1. The summed E-state index contributed by atoms with van der Waals surface area (Å²) in [4.78, 5) is 0. The van der Waals surface area contributed by atoms with Gasteiger partial charge in [0.1, 0.15) is 15.7 Å². The molecule has 0 saturated heterocycles. The second kappa shape index (κ2) is 8.37. The van der Waals surface area contributed by atoms with E-state index in [1.807, 2.05) is 13.8 Å². The van der Waals surface area contributed by atoms with Crippen LogP contribution < -0.4 is 11.1 Å². The van der Waals surface area contributed by atoms with Crippen LogP contribution in [-0.4, -0.2) is 44.6 Å². The summed E-state index contributed by atoms with van der Waals surface area (Å²) in [5, 5.41) is 14.9. The number of unbranched alkanes of at least 4 members (excludes halogenated alkanes) is 1. The third kappa shape index (κ3) is 9.72. The molecule has 0 spiro atoms. The lowest BCUT2D eigenvalue weighted by atomic mass is 9.86. The highest BCUT2D eigenvalue weighted by atomic mass is 32.2. The van der Waals surface area contributed by atoms with Crippen molar-refractivity contribution in [1.29, 1.82) is 0 Å². The van der Waals surface area contributed by atoms with E-state index in [9.17, 15) is 8.42 Å². The van der Waals surface area contributed by atoms with Gasteiger partial charge in [-0.2, -0.15) is 0 Å². The summed E-state index contributed by atoms with van der Waals surface area (Å²) in [6, 6.07) is 0. The van der Waals surface area contributed by atoms with Gasteiger partial charge in [-0.05, 0) is 32.4 Å². The monoisotopic (exact) mass is 293 g/mol. The third-order valence-electron chi connectivity index (χ3n) is 3.08. The van der Waals surface area contributed by atoms with E-state index in [0.29, 0.717) is 6.42 Å². The summed E-state index contributed by atoms with van der Waals surface area (Å²) in [5.41, 5.74) is 5.31. The Morgan fingerprint density at radius 2 is 1.84 bits per heavy atom. The predicted octanol–water partition coefficient (Wildman–Crippen LogP) is 0.954. The minimum absolute atomic E-state index is 0.233. The van der Waals surface area contributed by atoms with Crippen molar-refractivity contribution in [3.63, 3.8) is 0 Å². The molecule has 0 radical (unpaired) electrons. The summed E-state index contributed by atoms with van der Waals surface area (Å²) >= 11 is 0. The second-order valence-electron chi connectivity index (χ2n) is 5.56. The molecule has 0 bridgehead atoms. The van der Waals surface area contributed by atoms with Crippen LogP contribution in [0, 0.1) is 5.41 Å². The molecule has 7 heteroatoms. The SMILES string of the molecule is CC(C)(CCCCNCCCS(C)(=O)=O)C(N)=NO. The van der Waals surface area contributed by atoms with Gasteiger partial charge in [-0.3, -0.25) is 0 Å². The van der Waals surface area contributed by atoms with Crippen molar-refractivity contribution >= 4 is 15.7 Å². The summed E-state index contributed by atoms with van der Waals surface area (Å²) in [7, 11) is -2.84. The number of amidine groups is 1. The van der Waals surface area contributed by atoms with E-state index in [-0.39, 0.29) is 17.0 Å². The molecule has 0 fully saturated rings. The highest BCUT2D eigenvalue weighted by Crippen LogP contribution is 2.22. The zero-order valence-corrected chi connectivity index (χ0v) is 13.0. The van der Waals surface area contributed by atoms with Crippen LogP contribution in [0.1, 0.15) is 39.5 Å². The Bertz CT molecular complexity index is 378. The highest BCUT2D eigenvalue weighted by Gasteiger charge is 2.22. The second-order valence-corrected chi connectivity index (χ2v) is 7.82. The molecular weight excluding hydrogens is 266 g/mol. The van der Waals surface area contributed by atoms with Crippen LogP contribution in [0.25, 0.3) is 0 Å². The first-order valence-corrected chi connectivity index (χ1v) is 8.61. The van der Waals surface area contributed by atoms with Crippen molar-refractivity contribution in [2.75, 3.05) is 25.1 Å². The zero-order chi connectivity index (χ0) is 14.9. The van der Waals surface area contributed by atoms with E-state index in [1.165, 1.54) is 6.26 Å². The van der Waals surface area contributed by atoms with E-state index in [4.69, 9.17) is 10.9 Å². The molecule has 0 saturated carbocycles. The molecule has 0 amide bonds. The predicted molar refractivity (Wildman–Crippen MR) is 78.2 cm³/mol. The van der Waals surface area contributed by atoms with E-state index in [2.05, 4.69) is 10.5 Å². The molecule has 0 aliphatic rings. The number of nitrogens with zero attached hydrogens (tertiary/aromatic N) is 1. The van der Waals surface area contributed by atoms with E-state index >= 15 is 0 Å². The molecule has 0 aromatic rings. The largest absolute Gasteiger partial charge is 0.409 e. The number of hydrogen-bond acceptors (Lipinski definition) is 5. The fourth-order valence-electron chi connectivity index (χ4n) is 1.66. The van der Waals surface area contributed by atoms with Crippen molar-refractivity contribution in [2.24, 2.45) is 16.3 Å². The van der Waals surface area contributed by atoms with E-state index in [0.717, 1.165) is 32.4 Å². The van der Waals surface area contributed by atoms with Crippen LogP contribution in [0.15, 0.2) is 5.16 Å². The standard InChI is InChI=1S/C12H27N3O3S/c1-12(2,11(13)15-16)7-4-5-8-14-9-6-10-19(3,17)18/h14,16H,4-10H2,1-3H3,(H2,13,15). The first-order chi connectivity index (χ1) is 8.69. The fourth-order valence-corrected chi connectivity index (χ4v) is 2.33.